The van der Waals surface area contributed by atoms with Crippen LogP contribution in [0.5, 0.6) is 0 Å². The van der Waals surface area contributed by atoms with Gasteiger partial charge >= 0.3 is 19.8 Å². The summed E-state index contributed by atoms with van der Waals surface area (Å²) in [4.78, 5) is 35.1. The molecule has 50 heavy (non-hydrogen) atoms. The highest BCUT2D eigenvalue weighted by molar-refractivity contribution is 7.47. The molecule has 0 amide bonds. The second-order valence-corrected chi connectivity index (χ2v) is 15.4. The monoisotopic (exact) mass is 727 g/mol. The lowest BCUT2D eigenvalue weighted by molar-refractivity contribution is -0.870. The molecule has 0 aromatic rings. The van der Waals surface area contributed by atoms with Crippen LogP contribution in [-0.2, 0) is 32.7 Å². The minimum Gasteiger partial charge on any atom is -0.462 e. The molecule has 1 unspecified atom stereocenters. The molecule has 0 aliphatic heterocycles. The molecule has 0 bridgehead atoms. The van der Waals surface area contributed by atoms with Crippen molar-refractivity contribution in [1.29, 1.82) is 0 Å². The van der Waals surface area contributed by atoms with Crippen LogP contribution in [0.1, 0.15) is 142 Å². The van der Waals surface area contributed by atoms with E-state index >= 15 is 0 Å². The molecule has 0 rings (SSSR count). The van der Waals surface area contributed by atoms with Crippen LogP contribution in [0, 0.1) is 0 Å². The number of phosphoric acid groups is 1. The van der Waals surface area contributed by atoms with Gasteiger partial charge in [0.1, 0.15) is 19.8 Å². The summed E-state index contributed by atoms with van der Waals surface area (Å²) in [5, 5.41) is 0. The van der Waals surface area contributed by atoms with E-state index in [-0.39, 0.29) is 26.1 Å². The lowest BCUT2D eigenvalue weighted by Crippen LogP contribution is -2.37. The molecule has 0 aliphatic carbocycles. The van der Waals surface area contributed by atoms with E-state index in [0.29, 0.717) is 23.9 Å². The molecule has 0 aromatic heterocycles. The van der Waals surface area contributed by atoms with Gasteiger partial charge in [-0.15, -0.1) is 0 Å². The Morgan fingerprint density at radius 3 is 1.70 bits per heavy atom. The number of phosphoric ester groups is 1. The molecule has 290 valence electrons. The smallest absolute Gasteiger partial charge is 0.462 e. The van der Waals surface area contributed by atoms with Crippen LogP contribution in [0.4, 0.5) is 0 Å². The summed E-state index contributed by atoms with van der Waals surface area (Å²) in [6, 6.07) is 0. The van der Waals surface area contributed by atoms with Crippen LogP contribution in [0.2, 0.25) is 0 Å². The molecular weight excluding hydrogens is 653 g/mol. The minimum absolute atomic E-state index is 0.0243. The molecule has 0 spiro atoms. The largest absolute Gasteiger partial charge is 0.472 e. The van der Waals surface area contributed by atoms with E-state index in [1.165, 1.54) is 51.4 Å². The number of ether oxygens (including phenoxy) is 2. The van der Waals surface area contributed by atoms with Crippen molar-refractivity contribution >= 4 is 19.8 Å². The fourth-order valence-electron chi connectivity index (χ4n) is 4.83. The number of carbonyl (C=O) groups is 2. The van der Waals surface area contributed by atoms with Gasteiger partial charge in [-0.05, 0) is 51.4 Å². The van der Waals surface area contributed by atoms with Crippen molar-refractivity contribution in [2.24, 2.45) is 0 Å². The molecule has 0 aliphatic rings. The molecule has 0 radical (unpaired) electrons. The number of esters is 2. The molecular formula is C40H73NO8P+. The molecule has 1 N–H and O–H groups in total. The van der Waals surface area contributed by atoms with Gasteiger partial charge < -0.3 is 18.9 Å². The summed E-state index contributed by atoms with van der Waals surface area (Å²) in [5.74, 6) is -0.852. The first-order chi connectivity index (χ1) is 24.0. The number of likely N-dealkylation sites (N-methyl/N-ethyl adjacent to an activating group) is 1. The van der Waals surface area contributed by atoms with Crippen molar-refractivity contribution in [2.75, 3.05) is 47.5 Å². The average molecular weight is 727 g/mol. The summed E-state index contributed by atoms with van der Waals surface area (Å²) < 4.78 is 34.1. The summed E-state index contributed by atoms with van der Waals surface area (Å²) in [7, 11) is 1.45. The maximum Gasteiger partial charge on any atom is 0.472 e. The van der Waals surface area contributed by atoms with Crippen LogP contribution >= 0.6 is 7.82 Å². The Morgan fingerprint density at radius 1 is 0.640 bits per heavy atom. The normalized spacial score (nSPS) is 14.3. The summed E-state index contributed by atoms with van der Waals surface area (Å²) in [6.45, 7) is 4.23. The maximum atomic E-state index is 12.6. The summed E-state index contributed by atoms with van der Waals surface area (Å²) in [6.07, 6.45) is 35.9. The predicted molar refractivity (Wildman–Crippen MR) is 206 cm³/mol. The lowest BCUT2D eigenvalue weighted by Gasteiger charge is -2.24. The average Bonchev–Trinajstić information content (AvgIpc) is 3.06. The second kappa shape index (κ2) is 32.8. The van der Waals surface area contributed by atoms with Crippen LogP contribution in [0.25, 0.3) is 0 Å². The first-order valence-corrected chi connectivity index (χ1v) is 20.9. The number of carbonyl (C=O) groups excluding carboxylic acids is 2. The van der Waals surface area contributed by atoms with Gasteiger partial charge in [-0.25, -0.2) is 4.57 Å². The number of unbranched alkanes of at least 4 members (excludes halogenated alkanes) is 12. The molecule has 0 saturated heterocycles. The first kappa shape index (κ1) is 48.0. The molecule has 0 saturated carbocycles. The lowest BCUT2D eigenvalue weighted by atomic mass is 10.1. The molecule has 9 nitrogen and oxygen atoms in total. The van der Waals surface area contributed by atoms with E-state index in [0.717, 1.165) is 51.4 Å². The van der Waals surface area contributed by atoms with Crippen LogP contribution < -0.4 is 0 Å². The van der Waals surface area contributed by atoms with Gasteiger partial charge in [0.15, 0.2) is 6.10 Å². The highest BCUT2D eigenvalue weighted by Gasteiger charge is 2.27. The Labute approximate surface area is 305 Å². The first-order valence-electron chi connectivity index (χ1n) is 19.4. The zero-order chi connectivity index (χ0) is 37.2. The summed E-state index contributed by atoms with van der Waals surface area (Å²) >= 11 is 0. The van der Waals surface area contributed by atoms with Crippen LogP contribution in [0.15, 0.2) is 48.6 Å². The molecule has 10 heteroatoms. The Balaban J connectivity index is 4.50. The van der Waals surface area contributed by atoms with Gasteiger partial charge in [-0.1, -0.05) is 127 Å². The molecule has 0 fully saturated rings. The van der Waals surface area contributed by atoms with Gasteiger partial charge in [0, 0.05) is 12.8 Å². The van der Waals surface area contributed by atoms with Gasteiger partial charge in [0.2, 0.25) is 0 Å². The molecule has 0 aromatic carbocycles. The van der Waals surface area contributed by atoms with E-state index in [1.54, 1.807) is 0 Å². The highest BCUT2D eigenvalue weighted by atomic mass is 31.2. The zero-order valence-corrected chi connectivity index (χ0v) is 33.3. The standard InChI is InChI=1S/C40H72NO8P/c1-6-8-10-12-14-16-18-19-20-21-23-24-26-28-30-32-39(42)46-36-38(37-48-50(44,45)47-35-34-41(3,4)5)49-40(43)33-31-29-27-25-22-17-15-13-11-9-7-2/h8,10,14,16,19-20,23-24,38H,6-7,9,11-13,15,17-18,21-22,25-37H2,1-5H3/p+1/b10-8-,16-14-,20-19-,24-23-/t38-/m1/s1. The van der Waals surface area contributed by atoms with Crippen molar-refractivity contribution in [3.63, 3.8) is 0 Å². The van der Waals surface area contributed by atoms with Crippen molar-refractivity contribution in [3.05, 3.63) is 48.6 Å². The van der Waals surface area contributed by atoms with Crippen LogP contribution in [0.3, 0.4) is 0 Å². The number of allylic oxidation sites excluding steroid dienone is 8. The number of hydrogen-bond donors (Lipinski definition) is 1. The number of rotatable bonds is 34. The number of quaternary nitrogens is 1. The predicted octanol–water partition coefficient (Wildman–Crippen LogP) is 10.3. The Bertz CT molecular complexity index is 1000. The van der Waals surface area contributed by atoms with Gasteiger partial charge in [-0.3, -0.25) is 18.6 Å². The Kier molecular flexibility index (Phi) is 31.5. The number of hydrogen-bond acceptors (Lipinski definition) is 7. The third kappa shape index (κ3) is 35.8. The Hall–Kier alpha value is -2.03. The Morgan fingerprint density at radius 2 is 1.14 bits per heavy atom. The fraction of sp³-hybridized carbons (Fsp3) is 0.750. The zero-order valence-electron chi connectivity index (χ0n) is 32.4. The van der Waals surface area contributed by atoms with E-state index in [9.17, 15) is 19.0 Å². The van der Waals surface area contributed by atoms with Gasteiger partial charge in [0.05, 0.1) is 27.7 Å². The third-order valence-corrected chi connectivity index (χ3v) is 8.86. The third-order valence-electron chi connectivity index (χ3n) is 7.87. The van der Waals surface area contributed by atoms with Crippen molar-refractivity contribution in [1.82, 2.24) is 0 Å². The SMILES string of the molecule is CC/C=C\C/C=C\C/C=C\C/C=C\CCCCC(=O)OC[C@H](COP(=O)(O)OCC[N+](C)(C)C)OC(=O)CCCCCCCCCCCCC. The van der Waals surface area contributed by atoms with Crippen molar-refractivity contribution in [3.8, 4) is 0 Å². The van der Waals surface area contributed by atoms with E-state index in [2.05, 4.69) is 62.5 Å². The minimum atomic E-state index is -4.38. The van der Waals surface area contributed by atoms with E-state index in [1.807, 2.05) is 21.1 Å². The van der Waals surface area contributed by atoms with E-state index < -0.39 is 32.5 Å². The maximum absolute atomic E-state index is 12.6. The van der Waals surface area contributed by atoms with Crippen molar-refractivity contribution in [2.45, 2.75) is 148 Å². The molecule has 2 atom stereocenters. The van der Waals surface area contributed by atoms with Crippen LogP contribution in [-0.4, -0.2) is 74.9 Å². The second-order valence-electron chi connectivity index (χ2n) is 13.9. The molecule has 0 heterocycles. The van der Waals surface area contributed by atoms with Crippen molar-refractivity contribution < 1.29 is 42.1 Å². The number of nitrogens with zero attached hydrogens (tertiary/aromatic N) is 1. The quantitative estimate of drug-likeness (QED) is 0.0230. The van der Waals surface area contributed by atoms with Gasteiger partial charge in [0.25, 0.3) is 0 Å². The fourth-order valence-corrected chi connectivity index (χ4v) is 5.57. The van der Waals surface area contributed by atoms with E-state index in [4.69, 9.17) is 18.5 Å². The highest BCUT2D eigenvalue weighted by Crippen LogP contribution is 2.43. The summed E-state index contributed by atoms with van der Waals surface area (Å²) in [5.41, 5.74) is 0. The van der Waals surface area contributed by atoms with Gasteiger partial charge in [-0.2, -0.15) is 0 Å². The topological polar surface area (TPSA) is 108 Å².